The average Bonchev–Trinajstić information content (AvgIpc) is 3.03. The Kier molecular flexibility index (Phi) is 4.58. The van der Waals surface area contributed by atoms with E-state index in [0.29, 0.717) is 6.42 Å². The molecule has 0 amide bonds. The van der Waals surface area contributed by atoms with Crippen LogP contribution in [0, 0.1) is 0 Å². The Labute approximate surface area is 147 Å². The predicted molar refractivity (Wildman–Crippen MR) is 91.3 cm³/mol. The van der Waals surface area contributed by atoms with Gasteiger partial charge in [-0.1, -0.05) is 22.9 Å². The Balaban J connectivity index is 1.96. The van der Waals surface area contributed by atoms with Gasteiger partial charge in [0.15, 0.2) is 0 Å². The molecule has 0 bridgehead atoms. The number of halogens is 1. The van der Waals surface area contributed by atoms with Gasteiger partial charge >= 0.3 is 0 Å². The van der Waals surface area contributed by atoms with Crippen molar-refractivity contribution in [1.82, 2.24) is 24.7 Å². The molecule has 8 nitrogen and oxygen atoms in total. The standard InChI is InChI=1S/C14H13BrN6O2S/c1-2-10-8-11(4-5-12(10)15)24(22,23)20-14-18-9-19-21(14)13-16-6-3-7-17-13/h3-9H,2H2,1H3,(H,18,19,20). The minimum absolute atomic E-state index is 0.0159. The lowest BCUT2D eigenvalue weighted by molar-refractivity contribution is 0.600. The van der Waals surface area contributed by atoms with Crippen molar-refractivity contribution in [2.45, 2.75) is 18.2 Å². The normalized spacial score (nSPS) is 11.4. The summed E-state index contributed by atoms with van der Waals surface area (Å²) in [6, 6.07) is 6.49. The number of nitrogens with one attached hydrogen (secondary N) is 1. The van der Waals surface area contributed by atoms with E-state index in [1.165, 1.54) is 29.5 Å². The van der Waals surface area contributed by atoms with Crippen LogP contribution in [-0.4, -0.2) is 33.2 Å². The van der Waals surface area contributed by atoms with E-state index in [2.05, 4.69) is 40.7 Å². The highest BCUT2D eigenvalue weighted by atomic mass is 79.9. The second kappa shape index (κ2) is 6.65. The van der Waals surface area contributed by atoms with Gasteiger partial charge in [0.2, 0.25) is 5.95 Å². The number of nitrogens with zero attached hydrogens (tertiary/aromatic N) is 5. The summed E-state index contributed by atoms with van der Waals surface area (Å²) in [6.07, 6.45) is 5.00. The van der Waals surface area contributed by atoms with Crippen LogP contribution in [0.1, 0.15) is 12.5 Å². The summed E-state index contributed by atoms with van der Waals surface area (Å²) in [4.78, 5) is 12.1. The summed E-state index contributed by atoms with van der Waals surface area (Å²) in [5, 5.41) is 3.96. The van der Waals surface area contributed by atoms with Crippen LogP contribution in [-0.2, 0) is 16.4 Å². The topological polar surface area (TPSA) is 103 Å². The first kappa shape index (κ1) is 16.5. The number of anilines is 1. The number of aromatic nitrogens is 5. The van der Waals surface area contributed by atoms with E-state index < -0.39 is 10.0 Å². The number of aryl methyl sites for hydroxylation is 1. The molecule has 0 atom stereocenters. The Morgan fingerprint density at radius 1 is 1.21 bits per heavy atom. The van der Waals surface area contributed by atoms with Crippen molar-refractivity contribution >= 4 is 31.9 Å². The third-order valence-electron chi connectivity index (χ3n) is 3.22. The molecule has 0 aliphatic carbocycles. The lowest BCUT2D eigenvalue weighted by Crippen LogP contribution is -2.17. The summed E-state index contributed by atoms with van der Waals surface area (Å²) in [5.41, 5.74) is 0.894. The fraction of sp³-hybridized carbons (Fsp3) is 0.143. The second-order valence-electron chi connectivity index (χ2n) is 4.76. The van der Waals surface area contributed by atoms with Gasteiger partial charge in [0.25, 0.3) is 16.0 Å². The molecule has 0 spiro atoms. The highest BCUT2D eigenvalue weighted by Crippen LogP contribution is 2.23. The highest BCUT2D eigenvalue weighted by Gasteiger charge is 2.19. The number of rotatable bonds is 5. The van der Waals surface area contributed by atoms with Crippen LogP contribution in [0.2, 0.25) is 0 Å². The molecule has 0 aliphatic rings. The molecule has 2 aromatic heterocycles. The molecule has 3 rings (SSSR count). The van der Waals surface area contributed by atoms with E-state index >= 15 is 0 Å². The van der Waals surface area contributed by atoms with Crippen LogP contribution in [0.15, 0.2) is 52.4 Å². The molecule has 24 heavy (non-hydrogen) atoms. The van der Waals surface area contributed by atoms with Gasteiger partial charge in [0.1, 0.15) is 6.33 Å². The van der Waals surface area contributed by atoms with E-state index in [1.54, 1.807) is 18.2 Å². The molecule has 2 heterocycles. The van der Waals surface area contributed by atoms with Crippen LogP contribution in [0.4, 0.5) is 5.95 Å². The fourth-order valence-electron chi connectivity index (χ4n) is 2.03. The molecule has 0 saturated heterocycles. The Morgan fingerprint density at radius 3 is 2.67 bits per heavy atom. The smallest absolute Gasteiger partial charge is 0.247 e. The number of hydrogen-bond donors (Lipinski definition) is 1. The first-order valence-electron chi connectivity index (χ1n) is 7.00. The van der Waals surface area contributed by atoms with E-state index in [-0.39, 0.29) is 16.8 Å². The molecule has 0 unspecified atom stereocenters. The zero-order chi connectivity index (χ0) is 17.2. The molecule has 0 radical (unpaired) electrons. The minimum Gasteiger partial charge on any atom is -0.247 e. The SMILES string of the molecule is CCc1cc(S(=O)(=O)Nc2ncnn2-c2ncccn2)ccc1Br. The largest absolute Gasteiger partial charge is 0.264 e. The molecule has 10 heteroatoms. The zero-order valence-corrected chi connectivity index (χ0v) is 15.0. The third-order valence-corrected chi connectivity index (χ3v) is 5.32. The van der Waals surface area contributed by atoms with Gasteiger partial charge in [-0.3, -0.25) is 0 Å². The van der Waals surface area contributed by atoms with Crippen molar-refractivity contribution in [2.75, 3.05) is 4.72 Å². The summed E-state index contributed by atoms with van der Waals surface area (Å²) < 4.78 is 29.7. The maximum Gasteiger partial charge on any atom is 0.264 e. The maximum absolute atomic E-state index is 12.6. The van der Waals surface area contributed by atoms with E-state index in [0.717, 1.165) is 10.0 Å². The molecule has 0 aliphatic heterocycles. The van der Waals surface area contributed by atoms with Gasteiger partial charge in [-0.2, -0.15) is 14.8 Å². The lowest BCUT2D eigenvalue weighted by atomic mass is 10.2. The van der Waals surface area contributed by atoms with Crippen LogP contribution in [0.25, 0.3) is 5.95 Å². The summed E-state index contributed by atoms with van der Waals surface area (Å²) in [6.45, 7) is 1.95. The van der Waals surface area contributed by atoms with Crippen molar-refractivity contribution in [3.8, 4) is 5.95 Å². The van der Waals surface area contributed by atoms with Crippen molar-refractivity contribution in [3.63, 3.8) is 0 Å². The second-order valence-corrected chi connectivity index (χ2v) is 7.29. The van der Waals surface area contributed by atoms with Crippen LogP contribution < -0.4 is 4.72 Å². The van der Waals surface area contributed by atoms with Crippen molar-refractivity contribution in [3.05, 3.63) is 53.0 Å². The quantitative estimate of drug-likeness (QED) is 0.693. The van der Waals surface area contributed by atoms with Crippen LogP contribution in [0.5, 0.6) is 0 Å². The summed E-state index contributed by atoms with van der Waals surface area (Å²) >= 11 is 3.40. The van der Waals surface area contributed by atoms with Gasteiger partial charge < -0.3 is 0 Å². The fourth-order valence-corrected chi connectivity index (χ4v) is 3.60. The Hall–Kier alpha value is -2.33. The molecule has 0 fully saturated rings. The average molecular weight is 409 g/mol. The number of sulfonamides is 1. The van der Waals surface area contributed by atoms with E-state index in [1.807, 2.05) is 6.92 Å². The van der Waals surface area contributed by atoms with Crippen LogP contribution in [0.3, 0.4) is 0 Å². The first-order chi connectivity index (χ1) is 11.5. The molecule has 124 valence electrons. The molecular weight excluding hydrogens is 396 g/mol. The van der Waals surface area contributed by atoms with Gasteiger partial charge in [-0.05, 0) is 36.2 Å². The maximum atomic E-state index is 12.6. The molecule has 1 N–H and O–H groups in total. The summed E-state index contributed by atoms with van der Waals surface area (Å²) in [5.74, 6) is 0.236. The van der Waals surface area contributed by atoms with E-state index in [9.17, 15) is 8.42 Å². The Bertz CT molecular complexity index is 958. The van der Waals surface area contributed by atoms with Crippen LogP contribution >= 0.6 is 15.9 Å². The highest BCUT2D eigenvalue weighted by molar-refractivity contribution is 9.10. The molecule has 1 aromatic carbocycles. The monoisotopic (exact) mass is 408 g/mol. The Morgan fingerprint density at radius 2 is 1.96 bits per heavy atom. The first-order valence-corrected chi connectivity index (χ1v) is 9.27. The van der Waals surface area contributed by atoms with Crippen molar-refractivity contribution < 1.29 is 8.42 Å². The van der Waals surface area contributed by atoms with Gasteiger partial charge in [0.05, 0.1) is 4.90 Å². The van der Waals surface area contributed by atoms with Crippen molar-refractivity contribution in [1.29, 1.82) is 0 Å². The molecular formula is C14H13BrN6O2S. The van der Waals surface area contributed by atoms with E-state index in [4.69, 9.17) is 0 Å². The zero-order valence-electron chi connectivity index (χ0n) is 12.6. The lowest BCUT2D eigenvalue weighted by Gasteiger charge is -2.10. The number of benzene rings is 1. The van der Waals surface area contributed by atoms with Gasteiger partial charge in [-0.25, -0.2) is 23.1 Å². The molecule has 0 saturated carbocycles. The predicted octanol–water partition coefficient (Wildman–Crippen LogP) is 2.18. The number of hydrogen-bond acceptors (Lipinski definition) is 6. The minimum atomic E-state index is -3.81. The van der Waals surface area contributed by atoms with Gasteiger partial charge in [-0.15, -0.1) is 0 Å². The summed E-state index contributed by atoms with van der Waals surface area (Å²) in [7, 11) is -3.81. The molecule has 3 aromatic rings. The van der Waals surface area contributed by atoms with Crippen molar-refractivity contribution in [2.24, 2.45) is 0 Å². The third kappa shape index (κ3) is 3.29. The van der Waals surface area contributed by atoms with Gasteiger partial charge in [0, 0.05) is 16.9 Å².